The van der Waals surface area contributed by atoms with E-state index in [1.807, 2.05) is 19.1 Å². The molecule has 1 rings (SSSR count). The van der Waals surface area contributed by atoms with Crippen molar-refractivity contribution in [2.75, 3.05) is 6.61 Å². The SMILES string of the molecule is CC(CO)c1ccnc(Br)c1. The van der Waals surface area contributed by atoms with E-state index in [9.17, 15) is 0 Å². The third-order valence-electron chi connectivity index (χ3n) is 1.59. The highest BCUT2D eigenvalue weighted by Gasteiger charge is 2.03. The second-order valence-corrected chi connectivity index (χ2v) is 3.31. The van der Waals surface area contributed by atoms with Crippen LogP contribution in [0.3, 0.4) is 0 Å². The molecule has 11 heavy (non-hydrogen) atoms. The summed E-state index contributed by atoms with van der Waals surface area (Å²) >= 11 is 3.27. The first-order valence-electron chi connectivity index (χ1n) is 3.46. The van der Waals surface area contributed by atoms with Crippen molar-refractivity contribution in [2.24, 2.45) is 0 Å². The van der Waals surface area contributed by atoms with Crippen LogP contribution in [-0.2, 0) is 0 Å². The van der Waals surface area contributed by atoms with Crippen molar-refractivity contribution in [3.8, 4) is 0 Å². The molecular weight excluding hydrogens is 206 g/mol. The van der Waals surface area contributed by atoms with E-state index in [0.29, 0.717) is 0 Å². The number of aromatic nitrogens is 1. The van der Waals surface area contributed by atoms with Crippen LogP contribution in [0.25, 0.3) is 0 Å². The van der Waals surface area contributed by atoms with Gasteiger partial charge in [-0.25, -0.2) is 4.98 Å². The van der Waals surface area contributed by atoms with Crippen molar-refractivity contribution in [1.82, 2.24) is 4.98 Å². The van der Waals surface area contributed by atoms with E-state index in [2.05, 4.69) is 20.9 Å². The third-order valence-corrected chi connectivity index (χ3v) is 2.03. The van der Waals surface area contributed by atoms with Crippen molar-refractivity contribution in [1.29, 1.82) is 0 Å². The fraction of sp³-hybridized carbons (Fsp3) is 0.375. The molecule has 0 spiro atoms. The molecule has 1 unspecified atom stereocenters. The predicted octanol–water partition coefficient (Wildman–Crippen LogP) is 1.94. The minimum atomic E-state index is 0.177. The largest absolute Gasteiger partial charge is 0.396 e. The molecular formula is C8H10BrNO. The van der Waals surface area contributed by atoms with E-state index in [1.54, 1.807) is 6.20 Å². The number of hydrogen-bond acceptors (Lipinski definition) is 2. The van der Waals surface area contributed by atoms with E-state index in [-0.39, 0.29) is 12.5 Å². The Hall–Kier alpha value is -0.410. The molecule has 1 atom stereocenters. The van der Waals surface area contributed by atoms with Gasteiger partial charge in [-0.1, -0.05) is 6.92 Å². The van der Waals surface area contributed by atoms with Gasteiger partial charge < -0.3 is 5.11 Å². The predicted molar refractivity (Wildman–Crippen MR) is 47.4 cm³/mol. The quantitative estimate of drug-likeness (QED) is 0.766. The van der Waals surface area contributed by atoms with Gasteiger partial charge in [-0.2, -0.15) is 0 Å². The van der Waals surface area contributed by atoms with Crippen LogP contribution in [0.2, 0.25) is 0 Å². The van der Waals surface area contributed by atoms with Crippen molar-refractivity contribution in [2.45, 2.75) is 12.8 Å². The number of hydrogen-bond donors (Lipinski definition) is 1. The van der Waals surface area contributed by atoms with Crippen molar-refractivity contribution >= 4 is 15.9 Å². The van der Waals surface area contributed by atoms with Gasteiger partial charge in [0.15, 0.2) is 0 Å². The van der Waals surface area contributed by atoms with Gasteiger partial charge in [-0.05, 0) is 33.6 Å². The van der Waals surface area contributed by atoms with Crippen molar-refractivity contribution < 1.29 is 5.11 Å². The molecule has 0 fully saturated rings. The molecule has 1 aromatic rings. The molecule has 0 aliphatic heterocycles. The lowest BCUT2D eigenvalue weighted by molar-refractivity contribution is 0.273. The topological polar surface area (TPSA) is 33.1 Å². The molecule has 1 N–H and O–H groups in total. The van der Waals surface area contributed by atoms with Crippen LogP contribution in [0.1, 0.15) is 18.4 Å². The first kappa shape index (κ1) is 8.68. The van der Waals surface area contributed by atoms with E-state index in [1.165, 1.54) is 0 Å². The maximum absolute atomic E-state index is 8.84. The Morgan fingerprint density at radius 3 is 3.00 bits per heavy atom. The van der Waals surface area contributed by atoms with Crippen molar-refractivity contribution in [3.63, 3.8) is 0 Å². The van der Waals surface area contributed by atoms with Gasteiger partial charge in [0.2, 0.25) is 0 Å². The zero-order chi connectivity index (χ0) is 8.27. The van der Waals surface area contributed by atoms with Crippen LogP contribution in [-0.4, -0.2) is 16.7 Å². The first-order valence-corrected chi connectivity index (χ1v) is 4.25. The Balaban J connectivity index is 2.86. The summed E-state index contributed by atoms with van der Waals surface area (Å²) in [5.74, 6) is 0.189. The van der Waals surface area contributed by atoms with E-state index in [4.69, 9.17) is 5.11 Å². The summed E-state index contributed by atoms with van der Waals surface area (Å²) in [7, 11) is 0. The van der Waals surface area contributed by atoms with E-state index in [0.717, 1.165) is 10.2 Å². The van der Waals surface area contributed by atoms with Crippen LogP contribution in [0.4, 0.5) is 0 Å². The summed E-state index contributed by atoms with van der Waals surface area (Å²) in [5, 5.41) is 8.84. The summed E-state index contributed by atoms with van der Waals surface area (Å²) in [6, 6.07) is 3.83. The lowest BCUT2D eigenvalue weighted by Gasteiger charge is -2.06. The van der Waals surface area contributed by atoms with Crippen molar-refractivity contribution in [3.05, 3.63) is 28.5 Å². The molecule has 0 aliphatic carbocycles. The van der Waals surface area contributed by atoms with E-state index >= 15 is 0 Å². The van der Waals surface area contributed by atoms with Crippen LogP contribution >= 0.6 is 15.9 Å². The van der Waals surface area contributed by atoms with Crippen LogP contribution in [0.5, 0.6) is 0 Å². The highest BCUT2D eigenvalue weighted by molar-refractivity contribution is 9.10. The summed E-state index contributed by atoms with van der Waals surface area (Å²) in [6.07, 6.45) is 1.73. The standard InChI is InChI=1S/C8H10BrNO/c1-6(5-11)7-2-3-10-8(9)4-7/h2-4,6,11H,5H2,1H3. The zero-order valence-electron chi connectivity index (χ0n) is 6.29. The second kappa shape index (κ2) is 3.83. The van der Waals surface area contributed by atoms with Gasteiger partial charge in [0.25, 0.3) is 0 Å². The maximum atomic E-state index is 8.84. The number of aliphatic hydroxyl groups is 1. The first-order chi connectivity index (χ1) is 5.24. The number of nitrogens with zero attached hydrogens (tertiary/aromatic N) is 1. The minimum absolute atomic E-state index is 0.177. The van der Waals surface area contributed by atoms with Crippen LogP contribution in [0.15, 0.2) is 22.9 Å². The van der Waals surface area contributed by atoms with Gasteiger partial charge in [0.05, 0.1) is 0 Å². The molecule has 0 aromatic carbocycles. The molecule has 60 valence electrons. The molecule has 0 radical (unpaired) electrons. The molecule has 3 heteroatoms. The summed E-state index contributed by atoms with van der Waals surface area (Å²) in [4.78, 5) is 3.99. The molecule has 0 saturated carbocycles. The Morgan fingerprint density at radius 1 is 1.73 bits per heavy atom. The number of halogens is 1. The fourth-order valence-corrected chi connectivity index (χ4v) is 1.21. The van der Waals surface area contributed by atoms with Gasteiger partial charge in [0.1, 0.15) is 4.60 Å². The molecule has 1 aromatic heterocycles. The van der Waals surface area contributed by atoms with Gasteiger partial charge >= 0.3 is 0 Å². The average Bonchev–Trinajstić information content (AvgIpc) is 2.03. The average molecular weight is 216 g/mol. The van der Waals surface area contributed by atoms with Crippen LogP contribution in [0, 0.1) is 0 Å². The number of rotatable bonds is 2. The summed E-state index contributed by atoms with van der Waals surface area (Å²) in [6.45, 7) is 2.15. The van der Waals surface area contributed by atoms with Gasteiger partial charge in [-0.15, -0.1) is 0 Å². The normalized spacial score (nSPS) is 13.0. The molecule has 0 saturated heterocycles. The van der Waals surface area contributed by atoms with E-state index < -0.39 is 0 Å². The minimum Gasteiger partial charge on any atom is -0.396 e. The lowest BCUT2D eigenvalue weighted by atomic mass is 10.0. The number of pyridine rings is 1. The smallest absolute Gasteiger partial charge is 0.106 e. The second-order valence-electron chi connectivity index (χ2n) is 2.50. The lowest BCUT2D eigenvalue weighted by Crippen LogP contribution is -1.98. The molecule has 1 heterocycles. The molecule has 0 aliphatic rings. The fourth-order valence-electron chi connectivity index (χ4n) is 0.829. The Labute approximate surface area is 74.4 Å². The third kappa shape index (κ3) is 2.27. The highest BCUT2D eigenvalue weighted by Crippen LogP contribution is 2.16. The summed E-state index contributed by atoms with van der Waals surface area (Å²) < 4.78 is 0.815. The molecule has 0 bridgehead atoms. The Bertz CT molecular complexity index is 239. The number of aliphatic hydroxyl groups excluding tert-OH is 1. The Kier molecular flexibility index (Phi) is 3.02. The highest BCUT2D eigenvalue weighted by atomic mass is 79.9. The summed E-state index contributed by atoms with van der Waals surface area (Å²) in [5.41, 5.74) is 1.11. The molecule has 2 nitrogen and oxygen atoms in total. The van der Waals surface area contributed by atoms with Gasteiger partial charge in [-0.3, -0.25) is 0 Å². The zero-order valence-corrected chi connectivity index (χ0v) is 7.87. The molecule has 0 amide bonds. The monoisotopic (exact) mass is 215 g/mol. The van der Waals surface area contributed by atoms with Gasteiger partial charge in [0, 0.05) is 18.7 Å². The maximum Gasteiger partial charge on any atom is 0.106 e. The Morgan fingerprint density at radius 2 is 2.45 bits per heavy atom. The van der Waals surface area contributed by atoms with Crippen LogP contribution < -0.4 is 0 Å².